The number of imidazole rings is 1. The van der Waals surface area contributed by atoms with Gasteiger partial charge < -0.3 is 9.47 Å². The molecule has 0 saturated carbocycles. The van der Waals surface area contributed by atoms with Gasteiger partial charge in [-0.2, -0.15) is 5.26 Å². The topological polar surface area (TPSA) is 65.2 Å². The number of unbranched alkanes of at least 4 members (excludes halogenated alkanes) is 1. The molecule has 170 valence electrons. The highest BCUT2D eigenvalue weighted by atomic mass is 16.2. The van der Waals surface area contributed by atoms with Crippen LogP contribution in [0, 0.1) is 18.3 Å². The van der Waals surface area contributed by atoms with Crippen LogP contribution in [-0.2, 0) is 17.9 Å². The van der Waals surface area contributed by atoms with Crippen LogP contribution in [0.2, 0.25) is 0 Å². The highest BCUT2D eigenvalue weighted by molar-refractivity contribution is 5.98. The summed E-state index contributed by atoms with van der Waals surface area (Å²) in [5.41, 5.74) is 5.03. The Morgan fingerprint density at radius 1 is 1.09 bits per heavy atom. The number of nitrogens with zero attached hydrogens (tertiary/aromatic N) is 5. The van der Waals surface area contributed by atoms with Crippen molar-refractivity contribution in [2.24, 2.45) is 0 Å². The maximum absolute atomic E-state index is 13.6. The molecule has 1 atom stereocenters. The average Bonchev–Trinajstić information content (AvgIpc) is 3.26. The van der Waals surface area contributed by atoms with Crippen LogP contribution in [0.4, 0.5) is 5.69 Å². The van der Waals surface area contributed by atoms with Gasteiger partial charge in [-0.3, -0.25) is 9.69 Å². The van der Waals surface area contributed by atoms with E-state index >= 15 is 0 Å². The van der Waals surface area contributed by atoms with Gasteiger partial charge in [-0.25, -0.2) is 4.98 Å². The van der Waals surface area contributed by atoms with Crippen LogP contribution in [0.5, 0.6) is 0 Å². The van der Waals surface area contributed by atoms with E-state index in [1.54, 1.807) is 0 Å². The van der Waals surface area contributed by atoms with Gasteiger partial charge in [0.1, 0.15) is 0 Å². The molecule has 1 saturated heterocycles. The van der Waals surface area contributed by atoms with Crippen molar-refractivity contribution in [2.75, 3.05) is 18.0 Å². The molecule has 2 aromatic carbocycles. The van der Waals surface area contributed by atoms with Crippen molar-refractivity contribution in [1.29, 1.82) is 5.26 Å². The lowest BCUT2D eigenvalue weighted by molar-refractivity contribution is -0.126. The van der Waals surface area contributed by atoms with Crippen molar-refractivity contribution in [2.45, 2.75) is 52.2 Å². The van der Waals surface area contributed by atoms with Crippen molar-refractivity contribution < 1.29 is 4.79 Å². The van der Waals surface area contributed by atoms with Gasteiger partial charge >= 0.3 is 0 Å². The Bertz CT molecular complexity index is 1130. The van der Waals surface area contributed by atoms with Crippen LogP contribution in [0.25, 0.3) is 0 Å². The summed E-state index contributed by atoms with van der Waals surface area (Å²) in [7, 11) is 0. The first kappa shape index (κ1) is 22.8. The molecular formula is C27H31N5O. The molecule has 1 aromatic heterocycles. The Balaban J connectivity index is 1.51. The Morgan fingerprint density at radius 3 is 2.61 bits per heavy atom. The van der Waals surface area contributed by atoms with E-state index in [2.05, 4.69) is 40.4 Å². The van der Waals surface area contributed by atoms with E-state index in [4.69, 9.17) is 5.26 Å². The second-order valence-corrected chi connectivity index (χ2v) is 8.73. The van der Waals surface area contributed by atoms with Crippen molar-refractivity contribution in [3.05, 3.63) is 83.4 Å². The van der Waals surface area contributed by atoms with Crippen LogP contribution >= 0.6 is 0 Å². The summed E-state index contributed by atoms with van der Waals surface area (Å²) >= 11 is 0. The zero-order chi connectivity index (χ0) is 23.2. The molecule has 2 heterocycles. The first-order valence-corrected chi connectivity index (χ1v) is 11.7. The number of aryl methyl sites for hydroxylation is 1. The van der Waals surface area contributed by atoms with E-state index in [9.17, 15) is 4.79 Å². The molecule has 1 aliphatic heterocycles. The Hall–Kier alpha value is -3.43. The van der Waals surface area contributed by atoms with Crippen molar-refractivity contribution in [1.82, 2.24) is 14.5 Å². The van der Waals surface area contributed by atoms with Crippen LogP contribution in [0.1, 0.15) is 48.6 Å². The van der Waals surface area contributed by atoms with E-state index in [-0.39, 0.29) is 11.9 Å². The number of benzene rings is 2. The van der Waals surface area contributed by atoms with E-state index in [1.165, 1.54) is 0 Å². The van der Waals surface area contributed by atoms with Gasteiger partial charge in [-0.1, -0.05) is 50.1 Å². The van der Waals surface area contributed by atoms with Gasteiger partial charge in [0.15, 0.2) is 0 Å². The van der Waals surface area contributed by atoms with Crippen LogP contribution in [0.15, 0.2) is 61.1 Å². The summed E-state index contributed by atoms with van der Waals surface area (Å²) in [5.74, 6) is 0.196. The lowest BCUT2D eigenvalue weighted by Crippen LogP contribution is -2.57. The van der Waals surface area contributed by atoms with Crippen LogP contribution in [-0.4, -0.2) is 39.5 Å². The zero-order valence-corrected chi connectivity index (χ0v) is 19.4. The quantitative estimate of drug-likeness (QED) is 0.516. The summed E-state index contributed by atoms with van der Waals surface area (Å²) in [6.07, 6.45) is 6.71. The number of hydrogen-bond donors (Lipinski definition) is 0. The fraction of sp³-hybridized carbons (Fsp3) is 0.370. The maximum Gasteiger partial charge on any atom is 0.244 e. The number of aromatic nitrogens is 2. The Labute approximate surface area is 196 Å². The molecule has 0 bridgehead atoms. The number of carbonyl (C=O) groups is 1. The number of carbonyl (C=O) groups excluding carboxylic acids is 1. The average molecular weight is 442 g/mol. The molecule has 4 rings (SSSR count). The first-order valence-electron chi connectivity index (χ1n) is 11.7. The molecule has 0 radical (unpaired) electrons. The summed E-state index contributed by atoms with van der Waals surface area (Å²) in [4.78, 5) is 22.3. The minimum Gasteiger partial charge on any atom is -0.329 e. The second-order valence-electron chi connectivity index (χ2n) is 8.73. The number of amides is 1. The SMILES string of the molecule is CCCCC1C(=O)N(c2ccccc2C)CCN1Cc1cncn1Cc1ccc(C#N)cc1. The summed E-state index contributed by atoms with van der Waals surface area (Å²) in [5, 5.41) is 9.02. The van der Waals surface area contributed by atoms with Crippen molar-refractivity contribution in [3.63, 3.8) is 0 Å². The minimum atomic E-state index is -0.128. The number of nitriles is 1. The zero-order valence-electron chi connectivity index (χ0n) is 19.4. The molecule has 0 N–H and O–H groups in total. The summed E-state index contributed by atoms with van der Waals surface area (Å²) in [6, 6.07) is 17.8. The lowest BCUT2D eigenvalue weighted by Gasteiger charge is -2.41. The van der Waals surface area contributed by atoms with Gasteiger partial charge in [0.05, 0.1) is 29.7 Å². The lowest BCUT2D eigenvalue weighted by atomic mass is 10.0. The molecule has 1 aliphatic rings. The highest BCUT2D eigenvalue weighted by Gasteiger charge is 2.35. The van der Waals surface area contributed by atoms with Gasteiger partial charge in [0.2, 0.25) is 5.91 Å². The third-order valence-corrected chi connectivity index (χ3v) is 6.44. The number of anilines is 1. The summed E-state index contributed by atoms with van der Waals surface area (Å²) < 4.78 is 2.14. The summed E-state index contributed by atoms with van der Waals surface area (Å²) in [6.45, 7) is 7.14. The molecule has 33 heavy (non-hydrogen) atoms. The largest absolute Gasteiger partial charge is 0.329 e. The molecule has 6 nitrogen and oxygen atoms in total. The molecule has 6 heteroatoms. The smallest absolute Gasteiger partial charge is 0.244 e. The van der Waals surface area contributed by atoms with Gasteiger partial charge in [-0.15, -0.1) is 0 Å². The monoisotopic (exact) mass is 441 g/mol. The van der Waals surface area contributed by atoms with Gasteiger partial charge in [0.25, 0.3) is 0 Å². The van der Waals surface area contributed by atoms with Gasteiger partial charge in [-0.05, 0) is 42.7 Å². The second kappa shape index (κ2) is 10.5. The number of piperazine rings is 1. The highest BCUT2D eigenvalue weighted by Crippen LogP contribution is 2.27. The predicted octanol–water partition coefficient (Wildman–Crippen LogP) is 4.52. The molecule has 3 aromatic rings. The van der Waals surface area contributed by atoms with E-state index in [0.717, 1.165) is 48.3 Å². The fourth-order valence-corrected chi connectivity index (χ4v) is 4.54. The van der Waals surface area contributed by atoms with E-state index < -0.39 is 0 Å². The number of hydrogen-bond acceptors (Lipinski definition) is 4. The first-order chi connectivity index (χ1) is 16.1. The minimum absolute atomic E-state index is 0.128. The van der Waals surface area contributed by atoms with E-state index in [0.29, 0.717) is 25.2 Å². The van der Waals surface area contributed by atoms with Crippen molar-refractivity contribution >= 4 is 11.6 Å². The Kier molecular flexibility index (Phi) is 7.21. The van der Waals surface area contributed by atoms with Gasteiger partial charge in [0, 0.05) is 38.1 Å². The van der Waals surface area contributed by atoms with E-state index in [1.807, 2.05) is 59.9 Å². The Morgan fingerprint density at radius 2 is 1.88 bits per heavy atom. The third-order valence-electron chi connectivity index (χ3n) is 6.44. The molecule has 1 amide bonds. The van der Waals surface area contributed by atoms with Crippen LogP contribution in [0.3, 0.4) is 0 Å². The third kappa shape index (κ3) is 5.15. The normalized spacial score (nSPS) is 16.7. The standard InChI is InChI=1S/C27H31N5O/c1-3-4-8-26-27(33)32(25-9-6-5-7-21(25)2)15-14-30(26)19-24-17-29-20-31(24)18-23-12-10-22(16-28)11-13-23/h5-7,9-13,17,20,26H,3-4,8,14-15,18-19H2,1-2H3. The molecule has 1 fully saturated rings. The molecular weight excluding hydrogens is 410 g/mol. The molecule has 1 unspecified atom stereocenters. The van der Waals surface area contributed by atoms with Crippen molar-refractivity contribution in [3.8, 4) is 6.07 Å². The predicted molar refractivity (Wildman–Crippen MR) is 130 cm³/mol. The fourth-order valence-electron chi connectivity index (χ4n) is 4.54. The maximum atomic E-state index is 13.6. The number of para-hydroxylation sites is 1. The number of rotatable bonds is 8. The molecule has 0 spiro atoms. The molecule has 0 aliphatic carbocycles. The van der Waals surface area contributed by atoms with Crippen LogP contribution < -0.4 is 4.90 Å².